The van der Waals surface area contributed by atoms with Gasteiger partial charge in [-0.1, -0.05) is 6.92 Å². The summed E-state index contributed by atoms with van der Waals surface area (Å²) in [7, 11) is 0. The summed E-state index contributed by atoms with van der Waals surface area (Å²) in [6.07, 6.45) is 1.36. The summed E-state index contributed by atoms with van der Waals surface area (Å²) in [6.45, 7) is 3.68. The van der Waals surface area contributed by atoms with Crippen LogP contribution in [0.15, 0.2) is 6.20 Å². The number of nitrogens with one attached hydrogen (secondary N) is 1. The van der Waals surface area contributed by atoms with E-state index < -0.39 is 6.43 Å². The minimum Gasteiger partial charge on any atom is -0.333 e. The van der Waals surface area contributed by atoms with Crippen LogP contribution in [0.1, 0.15) is 37.3 Å². The van der Waals surface area contributed by atoms with Crippen LogP contribution in [0.25, 0.3) is 0 Å². The first kappa shape index (κ1) is 11.5. The predicted octanol–water partition coefficient (Wildman–Crippen LogP) is 2.14. The number of aryl methyl sites for hydroxylation is 2. The van der Waals surface area contributed by atoms with Gasteiger partial charge in [0.25, 0.3) is 0 Å². The maximum absolute atomic E-state index is 12.5. The summed E-state index contributed by atoms with van der Waals surface area (Å²) in [5, 5.41) is 3.14. The van der Waals surface area contributed by atoms with Crippen molar-refractivity contribution in [2.75, 3.05) is 6.54 Å². The second-order valence-electron chi connectivity index (χ2n) is 4.12. The number of fused-ring (bicyclic) bond motifs is 1. The first-order valence-electron chi connectivity index (χ1n) is 5.78. The highest BCUT2D eigenvalue weighted by atomic mass is 19.3. The Morgan fingerprint density at radius 2 is 2.44 bits per heavy atom. The third-order valence-corrected chi connectivity index (χ3v) is 2.91. The molecule has 0 radical (unpaired) electrons. The lowest BCUT2D eigenvalue weighted by Crippen LogP contribution is -2.24. The molecule has 1 unspecified atom stereocenters. The van der Waals surface area contributed by atoms with Crippen molar-refractivity contribution in [3.8, 4) is 0 Å². The molecule has 2 rings (SSSR count). The third-order valence-electron chi connectivity index (χ3n) is 2.91. The van der Waals surface area contributed by atoms with Crippen LogP contribution in [-0.4, -0.2) is 22.5 Å². The standard InChI is InChI=1S/C11H17F2N3/c1-2-8-7-16-5-3-4-14-9(6-10(12)13)11(16)15-8/h7,9-10,14H,2-6H2,1H3. The molecule has 1 aliphatic heterocycles. The quantitative estimate of drug-likeness (QED) is 0.860. The lowest BCUT2D eigenvalue weighted by molar-refractivity contribution is 0.121. The Morgan fingerprint density at radius 1 is 1.62 bits per heavy atom. The second kappa shape index (κ2) is 4.91. The number of hydrogen-bond acceptors (Lipinski definition) is 2. The molecule has 90 valence electrons. The zero-order valence-electron chi connectivity index (χ0n) is 9.42. The summed E-state index contributed by atoms with van der Waals surface area (Å²) in [5.74, 6) is 0.773. The summed E-state index contributed by atoms with van der Waals surface area (Å²) < 4.78 is 26.9. The molecule has 1 atom stereocenters. The van der Waals surface area contributed by atoms with Crippen LogP contribution < -0.4 is 5.32 Å². The minimum atomic E-state index is -2.29. The lowest BCUT2D eigenvalue weighted by Gasteiger charge is -2.14. The van der Waals surface area contributed by atoms with Gasteiger partial charge in [-0.2, -0.15) is 0 Å². The number of imidazole rings is 1. The second-order valence-corrected chi connectivity index (χ2v) is 4.12. The Hall–Kier alpha value is -0.970. The van der Waals surface area contributed by atoms with E-state index in [1.807, 2.05) is 17.7 Å². The van der Waals surface area contributed by atoms with E-state index in [0.29, 0.717) is 0 Å². The number of halogens is 2. The predicted molar refractivity (Wildman–Crippen MR) is 57.6 cm³/mol. The summed E-state index contributed by atoms with van der Waals surface area (Å²) in [6, 6.07) is -0.303. The summed E-state index contributed by atoms with van der Waals surface area (Å²) in [5.41, 5.74) is 0.984. The van der Waals surface area contributed by atoms with Crippen LogP contribution in [0, 0.1) is 0 Å². The summed E-state index contributed by atoms with van der Waals surface area (Å²) >= 11 is 0. The highest BCUT2D eigenvalue weighted by Crippen LogP contribution is 2.23. The zero-order chi connectivity index (χ0) is 11.5. The van der Waals surface area contributed by atoms with Gasteiger partial charge in [0.15, 0.2) is 0 Å². The monoisotopic (exact) mass is 229 g/mol. The van der Waals surface area contributed by atoms with E-state index in [2.05, 4.69) is 10.3 Å². The molecule has 1 aliphatic rings. The number of rotatable bonds is 3. The van der Waals surface area contributed by atoms with Crippen molar-refractivity contribution < 1.29 is 8.78 Å². The molecule has 1 aromatic heterocycles. The van der Waals surface area contributed by atoms with E-state index in [4.69, 9.17) is 0 Å². The molecular formula is C11H17F2N3. The Balaban J connectivity index is 2.24. The number of hydrogen-bond donors (Lipinski definition) is 1. The average molecular weight is 229 g/mol. The first-order valence-corrected chi connectivity index (χ1v) is 5.78. The van der Waals surface area contributed by atoms with Gasteiger partial charge < -0.3 is 9.88 Å². The zero-order valence-corrected chi connectivity index (χ0v) is 9.42. The van der Waals surface area contributed by atoms with Crippen molar-refractivity contribution in [3.05, 3.63) is 17.7 Å². The largest absolute Gasteiger partial charge is 0.333 e. The van der Waals surface area contributed by atoms with Crippen LogP contribution >= 0.6 is 0 Å². The molecule has 0 spiro atoms. The van der Waals surface area contributed by atoms with Gasteiger partial charge in [-0.15, -0.1) is 0 Å². The van der Waals surface area contributed by atoms with Gasteiger partial charge in [0.05, 0.1) is 11.7 Å². The minimum absolute atomic E-state index is 0.153. The van der Waals surface area contributed by atoms with Crippen molar-refractivity contribution in [1.82, 2.24) is 14.9 Å². The average Bonchev–Trinajstić information content (AvgIpc) is 2.57. The third kappa shape index (κ3) is 2.40. The molecule has 0 fully saturated rings. The molecule has 0 saturated heterocycles. The van der Waals surface area contributed by atoms with Gasteiger partial charge in [-0.05, 0) is 19.4 Å². The van der Waals surface area contributed by atoms with E-state index in [1.54, 1.807) is 0 Å². The van der Waals surface area contributed by atoms with Crippen molar-refractivity contribution in [3.63, 3.8) is 0 Å². The van der Waals surface area contributed by atoms with Gasteiger partial charge >= 0.3 is 0 Å². The SMILES string of the molecule is CCc1cn2c(n1)C(CC(F)F)NCCC2. The smallest absolute Gasteiger partial charge is 0.240 e. The van der Waals surface area contributed by atoms with E-state index in [9.17, 15) is 8.78 Å². The highest BCUT2D eigenvalue weighted by molar-refractivity contribution is 5.09. The molecule has 0 bridgehead atoms. The van der Waals surface area contributed by atoms with Crippen molar-refractivity contribution >= 4 is 0 Å². The summed E-state index contributed by atoms with van der Waals surface area (Å²) in [4.78, 5) is 4.43. The van der Waals surface area contributed by atoms with Gasteiger partial charge in [0, 0.05) is 19.2 Å². The normalized spacial score (nSPS) is 20.9. The van der Waals surface area contributed by atoms with Crippen LogP contribution in [-0.2, 0) is 13.0 Å². The van der Waals surface area contributed by atoms with E-state index >= 15 is 0 Å². The Kier molecular flexibility index (Phi) is 3.53. The number of aromatic nitrogens is 2. The van der Waals surface area contributed by atoms with E-state index in [-0.39, 0.29) is 12.5 Å². The molecule has 0 aromatic carbocycles. The molecule has 1 N–H and O–H groups in total. The topological polar surface area (TPSA) is 29.9 Å². The van der Waals surface area contributed by atoms with Crippen molar-refractivity contribution in [1.29, 1.82) is 0 Å². The molecule has 1 aromatic rings. The van der Waals surface area contributed by atoms with Crippen LogP contribution in [0.2, 0.25) is 0 Å². The van der Waals surface area contributed by atoms with Gasteiger partial charge in [0.1, 0.15) is 5.82 Å². The van der Waals surface area contributed by atoms with Crippen molar-refractivity contribution in [2.45, 2.75) is 45.2 Å². The molecular weight excluding hydrogens is 212 g/mol. The fourth-order valence-electron chi connectivity index (χ4n) is 2.10. The van der Waals surface area contributed by atoms with Gasteiger partial charge in [-0.3, -0.25) is 0 Å². The molecule has 2 heterocycles. The molecule has 16 heavy (non-hydrogen) atoms. The van der Waals surface area contributed by atoms with Gasteiger partial charge in [-0.25, -0.2) is 13.8 Å². The van der Waals surface area contributed by atoms with E-state index in [0.717, 1.165) is 37.4 Å². The first-order chi connectivity index (χ1) is 7.70. The fraction of sp³-hybridized carbons (Fsp3) is 0.727. The van der Waals surface area contributed by atoms with Crippen LogP contribution in [0.4, 0.5) is 8.78 Å². The molecule has 0 aliphatic carbocycles. The molecule has 0 saturated carbocycles. The molecule has 5 heteroatoms. The Bertz CT molecular complexity index is 349. The Morgan fingerprint density at radius 3 is 3.12 bits per heavy atom. The number of alkyl halides is 2. The van der Waals surface area contributed by atoms with E-state index in [1.165, 1.54) is 0 Å². The van der Waals surface area contributed by atoms with Crippen LogP contribution in [0.3, 0.4) is 0 Å². The fourth-order valence-corrected chi connectivity index (χ4v) is 2.10. The maximum Gasteiger partial charge on any atom is 0.240 e. The van der Waals surface area contributed by atoms with Crippen molar-refractivity contribution in [2.24, 2.45) is 0 Å². The lowest BCUT2D eigenvalue weighted by atomic mass is 10.2. The number of nitrogens with zero attached hydrogens (tertiary/aromatic N) is 2. The Labute approximate surface area is 93.9 Å². The maximum atomic E-state index is 12.5. The van der Waals surface area contributed by atoms with Gasteiger partial charge in [0.2, 0.25) is 6.43 Å². The highest BCUT2D eigenvalue weighted by Gasteiger charge is 2.23. The molecule has 0 amide bonds. The van der Waals surface area contributed by atoms with Crippen LogP contribution in [0.5, 0.6) is 0 Å². The molecule has 3 nitrogen and oxygen atoms in total.